The van der Waals surface area contributed by atoms with Gasteiger partial charge in [0.1, 0.15) is 0 Å². The Morgan fingerprint density at radius 2 is 1.96 bits per heavy atom. The molecule has 3 fully saturated rings. The SMILES string of the molecule is Cn1cc(N2CCCC(NC3CCC4(CC3)OCCO4)C2)cn1. The molecule has 1 saturated carbocycles. The normalized spacial score (nSPS) is 28.6. The molecule has 1 aromatic rings. The van der Waals surface area contributed by atoms with E-state index in [4.69, 9.17) is 9.47 Å². The second-order valence-corrected chi connectivity index (χ2v) is 7.21. The lowest BCUT2D eigenvalue weighted by Crippen LogP contribution is -2.51. The summed E-state index contributed by atoms with van der Waals surface area (Å²) in [5, 5.41) is 8.19. The second-order valence-electron chi connectivity index (χ2n) is 7.21. The third kappa shape index (κ3) is 3.39. The molecule has 1 N–H and O–H groups in total. The molecule has 1 aromatic heterocycles. The average Bonchev–Trinajstić information content (AvgIpc) is 3.20. The highest BCUT2D eigenvalue weighted by Crippen LogP contribution is 2.36. The molecule has 2 aliphatic heterocycles. The molecule has 0 aromatic carbocycles. The summed E-state index contributed by atoms with van der Waals surface area (Å²) >= 11 is 0. The van der Waals surface area contributed by atoms with Crippen LogP contribution in [0.2, 0.25) is 0 Å². The molecule has 1 spiro atoms. The van der Waals surface area contributed by atoms with Crippen LogP contribution in [0.15, 0.2) is 12.4 Å². The highest BCUT2D eigenvalue weighted by atomic mass is 16.7. The van der Waals surface area contributed by atoms with Gasteiger partial charge < -0.3 is 19.7 Å². The molecule has 0 radical (unpaired) electrons. The number of rotatable bonds is 3. The number of piperidine rings is 1. The van der Waals surface area contributed by atoms with Gasteiger partial charge in [-0.1, -0.05) is 0 Å². The molecule has 3 heterocycles. The van der Waals surface area contributed by atoms with E-state index in [-0.39, 0.29) is 5.79 Å². The van der Waals surface area contributed by atoms with E-state index in [2.05, 4.69) is 21.5 Å². The van der Waals surface area contributed by atoms with Gasteiger partial charge in [0, 0.05) is 51.3 Å². The van der Waals surface area contributed by atoms with Crippen LogP contribution in [0.3, 0.4) is 0 Å². The van der Waals surface area contributed by atoms with E-state index >= 15 is 0 Å². The lowest BCUT2D eigenvalue weighted by Gasteiger charge is -2.40. The number of anilines is 1. The molecule has 128 valence electrons. The second kappa shape index (κ2) is 6.42. The summed E-state index contributed by atoms with van der Waals surface area (Å²) in [6, 6.07) is 1.18. The Labute approximate surface area is 138 Å². The first-order valence-corrected chi connectivity index (χ1v) is 9.00. The van der Waals surface area contributed by atoms with Gasteiger partial charge in [-0.2, -0.15) is 5.10 Å². The fourth-order valence-electron chi connectivity index (χ4n) is 4.26. The average molecular weight is 320 g/mol. The van der Waals surface area contributed by atoms with Crippen LogP contribution in [0, 0.1) is 0 Å². The van der Waals surface area contributed by atoms with Crippen molar-refractivity contribution >= 4 is 5.69 Å². The molecule has 0 bridgehead atoms. The Balaban J connectivity index is 1.29. The van der Waals surface area contributed by atoms with E-state index in [1.165, 1.54) is 18.5 Å². The standard InChI is InChI=1S/C17H28N4O2/c1-20-13-16(11-18-20)21-8-2-3-15(12-21)19-14-4-6-17(7-5-14)22-9-10-23-17/h11,13-15,19H,2-10,12H2,1H3. The molecule has 3 aliphatic rings. The lowest BCUT2D eigenvalue weighted by molar-refractivity contribution is -0.179. The first kappa shape index (κ1) is 15.4. The van der Waals surface area contributed by atoms with Gasteiger partial charge in [0.2, 0.25) is 0 Å². The van der Waals surface area contributed by atoms with Gasteiger partial charge in [0.25, 0.3) is 0 Å². The van der Waals surface area contributed by atoms with Crippen molar-refractivity contribution in [3.8, 4) is 0 Å². The maximum Gasteiger partial charge on any atom is 0.168 e. The molecule has 6 heteroatoms. The number of ether oxygens (including phenoxy) is 2. The number of nitrogens with zero attached hydrogens (tertiary/aromatic N) is 3. The van der Waals surface area contributed by atoms with Gasteiger partial charge in [-0.3, -0.25) is 4.68 Å². The summed E-state index contributed by atoms with van der Waals surface area (Å²) in [6.07, 6.45) is 11.0. The Hall–Kier alpha value is -1.11. The summed E-state index contributed by atoms with van der Waals surface area (Å²) < 4.78 is 13.5. The maximum absolute atomic E-state index is 5.83. The number of nitrogens with one attached hydrogen (secondary N) is 1. The Morgan fingerprint density at radius 1 is 1.17 bits per heavy atom. The monoisotopic (exact) mass is 320 g/mol. The zero-order valence-electron chi connectivity index (χ0n) is 14.0. The summed E-state index contributed by atoms with van der Waals surface area (Å²) in [7, 11) is 1.98. The minimum atomic E-state index is -0.244. The van der Waals surface area contributed by atoms with Crippen LogP contribution in [0.1, 0.15) is 38.5 Å². The summed E-state index contributed by atoms with van der Waals surface area (Å²) in [6.45, 7) is 3.75. The summed E-state index contributed by atoms with van der Waals surface area (Å²) in [5.74, 6) is -0.244. The van der Waals surface area contributed by atoms with Crippen molar-refractivity contribution in [3.05, 3.63) is 12.4 Å². The first-order valence-electron chi connectivity index (χ1n) is 9.00. The van der Waals surface area contributed by atoms with Crippen LogP contribution < -0.4 is 10.2 Å². The van der Waals surface area contributed by atoms with Crippen LogP contribution >= 0.6 is 0 Å². The molecule has 6 nitrogen and oxygen atoms in total. The molecular weight excluding hydrogens is 292 g/mol. The maximum atomic E-state index is 5.83. The molecular formula is C17H28N4O2. The van der Waals surface area contributed by atoms with Crippen LogP contribution in [-0.2, 0) is 16.5 Å². The highest BCUT2D eigenvalue weighted by molar-refractivity contribution is 5.43. The van der Waals surface area contributed by atoms with Crippen molar-refractivity contribution in [1.29, 1.82) is 0 Å². The van der Waals surface area contributed by atoms with Crippen molar-refractivity contribution in [2.24, 2.45) is 7.05 Å². The largest absolute Gasteiger partial charge is 0.367 e. The number of aryl methyl sites for hydroxylation is 1. The van der Waals surface area contributed by atoms with E-state index < -0.39 is 0 Å². The minimum absolute atomic E-state index is 0.244. The topological polar surface area (TPSA) is 51.5 Å². The summed E-state index contributed by atoms with van der Waals surface area (Å²) in [5.41, 5.74) is 1.24. The highest BCUT2D eigenvalue weighted by Gasteiger charge is 2.40. The molecule has 4 rings (SSSR count). The number of hydrogen-bond donors (Lipinski definition) is 1. The van der Waals surface area contributed by atoms with E-state index in [1.807, 2.05) is 17.9 Å². The Morgan fingerprint density at radius 3 is 2.65 bits per heavy atom. The number of aromatic nitrogens is 2. The van der Waals surface area contributed by atoms with Crippen LogP contribution in [-0.4, -0.2) is 54.0 Å². The Bertz CT molecular complexity index is 516. The predicted octanol–water partition coefficient (Wildman–Crippen LogP) is 1.66. The fraction of sp³-hybridized carbons (Fsp3) is 0.824. The smallest absolute Gasteiger partial charge is 0.168 e. The Kier molecular flexibility index (Phi) is 4.30. The van der Waals surface area contributed by atoms with Gasteiger partial charge in [-0.25, -0.2) is 0 Å². The van der Waals surface area contributed by atoms with E-state index in [9.17, 15) is 0 Å². The summed E-state index contributed by atoms with van der Waals surface area (Å²) in [4.78, 5) is 2.46. The van der Waals surface area contributed by atoms with E-state index in [1.54, 1.807) is 0 Å². The molecule has 1 aliphatic carbocycles. The third-order valence-corrected chi connectivity index (χ3v) is 5.51. The van der Waals surface area contributed by atoms with Crippen LogP contribution in [0.4, 0.5) is 5.69 Å². The van der Waals surface area contributed by atoms with Gasteiger partial charge in [-0.05, 0) is 25.7 Å². The minimum Gasteiger partial charge on any atom is -0.367 e. The zero-order valence-corrected chi connectivity index (χ0v) is 14.0. The van der Waals surface area contributed by atoms with Crippen molar-refractivity contribution < 1.29 is 9.47 Å². The predicted molar refractivity (Wildman–Crippen MR) is 88.5 cm³/mol. The molecule has 1 unspecified atom stereocenters. The third-order valence-electron chi connectivity index (χ3n) is 5.51. The number of hydrogen-bond acceptors (Lipinski definition) is 5. The molecule has 23 heavy (non-hydrogen) atoms. The van der Waals surface area contributed by atoms with Crippen molar-refractivity contribution in [3.63, 3.8) is 0 Å². The first-order chi connectivity index (χ1) is 11.2. The van der Waals surface area contributed by atoms with Crippen LogP contribution in [0.5, 0.6) is 0 Å². The van der Waals surface area contributed by atoms with Gasteiger partial charge in [0.15, 0.2) is 5.79 Å². The van der Waals surface area contributed by atoms with Crippen molar-refractivity contribution in [2.75, 3.05) is 31.2 Å². The zero-order chi connectivity index (χ0) is 15.7. The van der Waals surface area contributed by atoms with Gasteiger partial charge in [-0.15, -0.1) is 0 Å². The molecule has 1 atom stereocenters. The van der Waals surface area contributed by atoms with Crippen LogP contribution in [0.25, 0.3) is 0 Å². The van der Waals surface area contributed by atoms with Crippen molar-refractivity contribution in [1.82, 2.24) is 15.1 Å². The molecule has 0 amide bonds. The van der Waals surface area contributed by atoms with Gasteiger partial charge in [0.05, 0.1) is 25.1 Å². The molecule has 2 saturated heterocycles. The lowest BCUT2D eigenvalue weighted by atomic mass is 9.89. The van der Waals surface area contributed by atoms with E-state index in [0.29, 0.717) is 12.1 Å². The quantitative estimate of drug-likeness (QED) is 0.918. The van der Waals surface area contributed by atoms with Crippen molar-refractivity contribution in [2.45, 2.75) is 56.4 Å². The van der Waals surface area contributed by atoms with E-state index in [0.717, 1.165) is 52.0 Å². The fourth-order valence-corrected chi connectivity index (χ4v) is 4.26. The van der Waals surface area contributed by atoms with Gasteiger partial charge >= 0.3 is 0 Å².